The number of nitrogens with zero attached hydrogens (tertiary/aromatic N) is 1. The number of nitrogens with two attached hydrogens (primary N) is 1. The first-order valence-corrected chi connectivity index (χ1v) is 8.65. The molecule has 0 aliphatic carbocycles. The van der Waals surface area contributed by atoms with Gasteiger partial charge in [0, 0.05) is 12.2 Å². The van der Waals surface area contributed by atoms with Crippen molar-refractivity contribution in [1.82, 2.24) is 10.3 Å². The molecule has 1 heterocycles. The number of anilines is 1. The van der Waals surface area contributed by atoms with Gasteiger partial charge in [0.2, 0.25) is 0 Å². The summed E-state index contributed by atoms with van der Waals surface area (Å²) in [6, 6.07) is 18.9. The van der Waals surface area contributed by atoms with E-state index >= 15 is 0 Å². The van der Waals surface area contributed by atoms with Crippen molar-refractivity contribution in [3.63, 3.8) is 0 Å². The molecule has 1 amide bonds. The molecule has 0 saturated carbocycles. The molecule has 0 bridgehead atoms. The highest BCUT2D eigenvalue weighted by molar-refractivity contribution is 5.98. The smallest absolute Gasteiger partial charge is 0.255 e. The highest BCUT2D eigenvalue weighted by Gasteiger charge is 2.10. The second kappa shape index (κ2) is 9.87. The van der Waals surface area contributed by atoms with E-state index in [-0.39, 0.29) is 11.7 Å². The van der Waals surface area contributed by atoms with Crippen LogP contribution in [0.25, 0.3) is 0 Å². The zero-order chi connectivity index (χ0) is 20.5. The van der Waals surface area contributed by atoms with E-state index in [1.165, 1.54) is 0 Å². The molecular weight excluding hydrogens is 354 g/mol. The van der Waals surface area contributed by atoms with Crippen LogP contribution in [0, 0.1) is 13.8 Å². The second-order valence-corrected chi connectivity index (χ2v) is 6.13. The van der Waals surface area contributed by atoms with Crippen LogP contribution in [0.4, 0.5) is 5.82 Å². The Balaban J connectivity index is 0.00000136. The number of aromatic nitrogens is 1. The van der Waals surface area contributed by atoms with Gasteiger partial charge in [-0.25, -0.2) is 4.98 Å². The Morgan fingerprint density at radius 1 is 1.04 bits per heavy atom. The number of carbonyl (C=O) groups is 2. The van der Waals surface area contributed by atoms with E-state index in [2.05, 4.69) is 10.3 Å². The van der Waals surface area contributed by atoms with Gasteiger partial charge in [-0.3, -0.25) is 4.79 Å². The van der Waals surface area contributed by atoms with Gasteiger partial charge in [-0.1, -0.05) is 24.3 Å². The van der Waals surface area contributed by atoms with Crippen LogP contribution >= 0.6 is 0 Å². The van der Waals surface area contributed by atoms with Gasteiger partial charge in [-0.2, -0.15) is 0 Å². The zero-order valence-corrected chi connectivity index (χ0v) is 15.9. The van der Waals surface area contributed by atoms with Crippen LogP contribution in [0.1, 0.15) is 27.2 Å². The summed E-state index contributed by atoms with van der Waals surface area (Å²) in [6.07, 6.45) is 0. The number of amides is 1. The minimum atomic E-state index is -0.241. The molecule has 3 aromatic rings. The summed E-state index contributed by atoms with van der Waals surface area (Å²) in [5.74, 6) is 1.55. The molecule has 144 valence electrons. The number of aryl methyl sites for hydroxylation is 2. The molecule has 0 fully saturated rings. The molecule has 0 radical (unpaired) electrons. The Labute approximate surface area is 164 Å². The number of ether oxygens (including phenoxy) is 1. The van der Waals surface area contributed by atoms with E-state index in [1.807, 2.05) is 69.2 Å². The van der Waals surface area contributed by atoms with Crippen molar-refractivity contribution >= 4 is 18.5 Å². The molecule has 6 nitrogen and oxygen atoms in total. The second-order valence-electron chi connectivity index (χ2n) is 6.13. The van der Waals surface area contributed by atoms with Crippen LogP contribution in [0.15, 0.2) is 60.7 Å². The number of hydrogen-bond acceptors (Lipinski definition) is 5. The maximum Gasteiger partial charge on any atom is 0.255 e. The molecule has 3 rings (SSSR count). The minimum absolute atomic E-state index is 0.240. The van der Waals surface area contributed by atoms with Gasteiger partial charge >= 0.3 is 0 Å². The Hall–Kier alpha value is -3.67. The maximum absolute atomic E-state index is 12.2. The van der Waals surface area contributed by atoms with Crippen molar-refractivity contribution < 1.29 is 14.3 Å². The Bertz CT molecular complexity index is 940. The predicted molar refractivity (Wildman–Crippen MR) is 109 cm³/mol. The first-order valence-electron chi connectivity index (χ1n) is 8.65. The lowest BCUT2D eigenvalue weighted by atomic mass is 10.2. The van der Waals surface area contributed by atoms with E-state index in [9.17, 15) is 4.79 Å². The van der Waals surface area contributed by atoms with Crippen LogP contribution in [-0.2, 0) is 11.3 Å². The first-order chi connectivity index (χ1) is 13.5. The fraction of sp³-hybridized carbons (Fsp3) is 0.136. The van der Waals surface area contributed by atoms with Gasteiger partial charge < -0.3 is 20.6 Å². The molecule has 1 aromatic heterocycles. The van der Waals surface area contributed by atoms with Crippen LogP contribution in [0.3, 0.4) is 0 Å². The topological polar surface area (TPSA) is 94.3 Å². The first kappa shape index (κ1) is 20.6. The molecule has 6 heteroatoms. The summed E-state index contributed by atoms with van der Waals surface area (Å²) >= 11 is 0. The maximum atomic E-state index is 12.2. The predicted octanol–water partition coefficient (Wildman–Crippen LogP) is 3.82. The fourth-order valence-electron chi connectivity index (χ4n) is 2.54. The van der Waals surface area contributed by atoms with Crippen LogP contribution in [-0.4, -0.2) is 17.7 Å². The Morgan fingerprint density at radius 2 is 1.75 bits per heavy atom. The minimum Gasteiger partial charge on any atom is -0.457 e. The van der Waals surface area contributed by atoms with E-state index in [1.54, 1.807) is 12.1 Å². The third-order valence-corrected chi connectivity index (χ3v) is 3.91. The van der Waals surface area contributed by atoms with E-state index in [4.69, 9.17) is 15.3 Å². The van der Waals surface area contributed by atoms with Gasteiger partial charge in [0.05, 0.1) is 5.56 Å². The Morgan fingerprint density at radius 3 is 2.39 bits per heavy atom. The largest absolute Gasteiger partial charge is 0.457 e. The number of nitrogen functional groups attached to an aromatic ring is 1. The van der Waals surface area contributed by atoms with Gasteiger partial charge in [0.1, 0.15) is 24.1 Å². The fourth-order valence-corrected chi connectivity index (χ4v) is 2.54. The third-order valence-electron chi connectivity index (χ3n) is 3.91. The average molecular weight is 377 g/mol. The normalized spacial score (nSPS) is 9.79. The number of pyridine rings is 1. The summed E-state index contributed by atoms with van der Waals surface area (Å²) < 4.78 is 5.82. The molecule has 3 N–H and O–H groups in total. The molecule has 0 aliphatic heterocycles. The number of carbonyl (C=O) groups excluding carboxylic acids is 2. The molecule has 2 aromatic carbocycles. The van der Waals surface area contributed by atoms with E-state index in [0.29, 0.717) is 12.1 Å². The highest BCUT2D eigenvalue weighted by Crippen LogP contribution is 2.22. The Kier molecular flexibility index (Phi) is 7.28. The van der Waals surface area contributed by atoms with E-state index < -0.39 is 0 Å². The molecule has 0 aliphatic rings. The van der Waals surface area contributed by atoms with Crippen molar-refractivity contribution in [3.05, 3.63) is 83.0 Å². The lowest BCUT2D eigenvalue weighted by molar-refractivity contribution is -0.0980. The van der Waals surface area contributed by atoms with Gasteiger partial charge in [0.15, 0.2) is 0 Å². The lowest BCUT2D eigenvalue weighted by Crippen LogP contribution is -2.24. The SMILES string of the molecule is C=O.Cc1cccc(Oc2ccc(CNC(=O)c3ccc(C)nc3N)cc2)c1. The van der Waals surface area contributed by atoms with Crippen LogP contribution in [0.5, 0.6) is 11.5 Å². The average Bonchev–Trinajstić information content (AvgIpc) is 2.69. The van der Waals surface area contributed by atoms with Gasteiger partial charge in [-0.15, -0.1) is 0 Å². The summed E-state index contributed by atoms with van der Waals surface area (Å²) in [7, 11) is 0. The summed E-state index contributed by atoms with van der Waals surface area (Å²) in [5.41, 5.74) is 9.08. The summed E-state index contributed by atoms with van der Waals surface area (Å²) in [4.78, 5) is 24.3. The van der Waals surface area contributed by atoms with E-state index in [0.717, 1.165) is 28.3 Å². The summed E-state index contributed by atoms with van der Waals surface area (Å²) in [6.45, 7) is 6.25. The number of hydrogen-bond donors (Lipinski definition) is 2. The number of nitrogens with one attached hydrogen (secondary N) is 1. The van der Waals surface area contributed by atoms with Crippen molar-refractivity contribution in [1.29, 1.82) is 0 Å². The third kappa shape index (κ3) is 5.67. The van der Waals surface area contributed by atoms with Gasteiger partial charge in [0.25, 0.3) is 5.91 Å². The number of benzene rings is 2. The van der Waals surface area contributed by atoms with Gasteiger partial charge in [-0.05, 0) is 61.4 Å². The van der Waals surface area contributed by atoms with Crippen molar-refractivity contribution in [2.24, 2.45) is 0 Å². The van der Waals surface area contributed by atoms with Crippen molar-refractivity contribution in [3.8, 4) is 11.5 Å². The van der Waals surface area contributed by atoms with Crippen molar-refractivity contribution in [2.45, 2.75) is 20.4 Å². The lowest BCUT2D eigenvalue weighted by Gasteiger charge is -2.09. The molecule has 0 saturated heterocycles. The molecule has 0 unspecified atom stereocenters. The zero-order valence-electron chi connectivity index (χ0n) is 15.9. The van der Waals surface area contributed by atoms with Crippen LogP contribution < -0.4 is 15.8 Å². The number of rotatable bonds is 5. The molecule has 0 atom stereocenters. The monoisotopic (exact) mass is 377 g/mol. The standard InChI is InChI=1S/C21H21N3O2.CH2O/c1-14-4-3-5-18(12-14)26-17-9-7-16(8-10-17)13-23-21(25)19-11-6-15(2)24-20(19)22;1-2/h3-12H,13H2,1-2H3,(H2,22,24)(H,23,25);1H2. The highest BCUT2D eigenvalue weighted by atomic mass is 16.5. The molecule has 0 spiro atoms. The van der Waals surface area contributed by atoms with Crippen LogP contribution in [0.2, 0.25) is 0 Å². The summed E-state index contributed by atoms with van der Waals surface area (Å²) in [5, 5.41) is 2.85. The molecule has 28 heavy (non-hydrogen) atoms. The van der Waals surface area contributed by atoms with Crippen molar-refractivity contribution in [2.75, 3.05) is 5.73 Å². The quantitative estimate of drug-likeness (QED) is 0.705. The molecular formula is C22H23N3O3.